The maximum Gasteiger partial charge on any atom is 0.219 e. The molecule has 1 aromatic carbocycles. The smallest absolute Gasteiger partial charge is 0.219 e. The van der Waals surface area contributed by atoms with E-state index in [0.717, 1.165) is 24.1 Å². The number of ether oxygens (including phenoxy) is 1. The van der Waals surface area contributed by atoms with Gasteiger partial charge in [0.25, 0.3) is 0 Å². The van der Waals surface area contributed by atoms with Crippen LogP contribution in [-0.4, -0.2) is 43.0 Å². The van der Waals surface area contributed by atoms with Crippen molar-refractivity contribution in [3.05, 3.63) is 35.9 Å². The van der Waals surface area contributed by atoms with Gasteiger partial charge in [-0.25, -0.2) is 0 Å². The van der Waals surface area contributed by atoms with Crippen molar-refractivity contribution in [3.8, 4) is 0 Å². The zero-order valence-corrected chi connectivity index (χ0v) is 16.9. The molecule has 134 valence electrons. The van der Waals surface area contributed by atoms with Crippen molar-refractivity contribution >= 4 is 23.2 Å². The Morgan fingerprint density at radius 1 is 1.09 bits per heavy atom. The second kappa shape index (κ2) is 13.1. The molecule has 0 aliphatic carbocycles. The molecule has 0 aliphatic heterocycles. The zero-order valence-electron chi connectivity index (χ0n) is 15.4. The van der Waals surface area contributed by atoms with Crippen molar-refractivity contribution in [2.45, 2.75) is 51.6 Å². The molecule has 0 bridgehead atoms. The Morgan fingerprint density at radius 2 is 1.65 bits per heavy atom. The molecule has 0 radical (unpaired) electrons. The molecule has 0 heterocycles. The SMILES string of the molecule is CC(Cl)CCl.CCCCCOC(c1ccccc1)[N+](C)(C)CC. The van der Waals surface area contributed by atoms with Crippen LogP contribution in [0.1, 0.15) is 51.8 Å². The van der Waals surface area contributed by atoms with E-state index in [4.69, 9.17) is 27.9 Å². The lowest BCUT2D eigenvalue weighted by Gasteiger charge is -2.36. The normalized spacial score (nSPS) is 13.9. The highest BCUT2D eigenvalue weighted by Crippen LogP contribution is 2.26. The highest BCUT2D eigenvalue weighted by Gasteiger charge is 2.28. The summed E-state index contributed by atoms with van der Waals surface area (Å²) < 4.78 is 7.03. The summed E-state index contributed by atoms with van der Waals surface area (Å²) in [6.45, 7) is 8.21. The molecule has 2 unspecified atom stereocenters. The molecule has 0 fully saturated rings. The van der Waals surface area contributed by atoms with E-state index in [2.05, 4.69) is 58.3 Å². The quantitative estimate of drug-likeness (QED) is 0.232. The van der Waals surface area contributed by atoms with E-state index in [1.54, 1.807) is 0 Å². The average molecular weight is 363 g/mol. The average Bonchev–Trinajstić information content (AvgIpc) is 2.56. The van der Waals surface area contributed by atoms with Crippen molar-refractivity contribution in [2.75, 3.05) is 33.1 Å². The predicted octanol–water partition coefficient (Wildman–Crippen LogP) is 5.84. The fourth-order valence-corrected chi connectivity index (χ4v) is 2.03. The van der Waals surface area contributed by atoms with Crippen molar-refractivity contribution in [1.82, 2.24) is 0 Å². The molecule has 0 spiro atoms. The number of quaternary nitrogens is 1. The maximum atomic E-state index is 6.16. The highest BCUT2D eigenvalue weighted by molar-refractivity contribution is 6.27. The van der Waals surface area contributed by atoms with Crippen LogP contribution in [0.15, 0.2) is 30.3 Å². The van der Waals surface area contributed by atoms with Gasteiger partial charge >= 0.3 is 0 Å². The van der Waals surface area contributed by atoms with Crippen LogP contribution in [0.4, 0.5) is 0 Å². The number of unbranched alkanes of at least 4 members (excludes halogenated alkanes) is 2. The van der Waals surface area contributed by atoms with E-state index in [9.17, 15) is 0 Å². The predicted molar refractivity (Wildman–Crippen MR) is 103 cm³/mol. The van der Waals surface area contributed by atoms with Gasteiger partial charge in [-0.05, 0) is 20.3 Å². The Morgan fingerprint density at radius 3 is 2.09 bits per heavy atom. The minimum absolute atomic E-state index is 0.122. The van der Waals surface area contributed by atoms with Gasteiger partial charge in [0, 0.05) is 16.8 Å². The van der Waals surface area contributed by atoms with E-state index in [-0.39, 0.29) is 11.6 Å². The molecule has 2 nitrogen and oxygen atoms in total. The van der Waals surface area contributed by atoms with Gasteiger partial charge in [-0.3, -0.25) is 4.48 Å². The van der Waals surface area contributed by atoms with Gasteiger partial charge in [-0.15, -0.1) is 23.2 Å². The second-order valence-corrected chi connectivity index (χ2v) is 7.42. The molecule has 0 N–H and O–H groups in total. The summed E-state index contributed by atoms with van der Waals surface area (Å²) in [5.41, 5.74) is 1.28. The summed E-state index contributed by atoms with van der Waals surface area (Å²) in [5.74, 6) is 0.543. The van der Waals surface area contributed by atoms with Crippen molar-refractivity contribution in [3.63, 3.8) is 0 Å². The van der Waals surface area contributed by atoms with Crippen LogP contribution in [0, 0.1) is 0 Å². The molecule has 1 rings (SSSR count). The highest BCUT2D eigenvalue weighted by atomic mass is 35.5. The van der Waals surface area contributed by atoms with Crippen LogP contribution in [-0.2, 0) is 4.74 Å². The van der Waals surface area contributed by atoms with Crippen molar-refractivity contribution in [1.29, 1.82) is 0 Å². The molecule has 4 heteroatoms. The molecule has 0 aliphatic rings. The van der Waals surface area contributed by atoms with E-state index in [1.165, 1.54) is 18.4 Å². The summed E-state index contributed by atoms with van der Waals surface area (Å²) in [5, 5.41) is 0.122. The molecular formula is C19H34Cl2NO+. The minimum atomic E-state index is 0.122. The number of hydrogen-bond acceptors (Lipinski definition) is 1. The third-order valence-corrected chi connectivity index (χ3v) is 4.55. The van der Waals surface area contributed by atoms with Gasteiger partial charge in [-0.1, -0.05) is 50.1 Å². The molecule has 0 saturated heterocycles. The molecule has 2 atom stereocenters. The maximum absolute atomic E-state index is 6.16. The number of halogens is 2. The third kappa shape index (κ3) is 10.2. The van der Waals surface area contributed by atoms with Gasteiger partial charge in [0.15, 0.2) is 0 Å². The molecule has 1 aromatic rings. The van der Waals surface area contributed by atoms with E-state index >= 15 is 0 Å². The largest absolute Gasteiger partial charge is 0.325 e. The van der Waals surface area contributed by atoms with Gasteiger partial charge < -0.3 is 4.74 Å². The van der Waals surface area contributed by atoms with Crippen molar-refractivity contribution in [2.24, 2.45) is 0 Å². The summed E-state index contributed by atoms with van der Waals surface area (Å²) >= 11 is 10.5. The Labute approximate surface area is 153 Å². The Hall–Kier alpha value is -0.280. The van der Waals surface area contributed by atoms with Gasteiger partial charge in [-0.2, -0.15) is 0 Å². The number of alkyl halides is 2. The third-order valence-electron chi connectivity index (χ3n) is 3.77. The Kier molecular flexibility index (Phi) is 12.9. The van der Waals surface area contributed by atoms with Crippen molar-refractivity contribution < 1.29 is 9.22 Å². The first-order chi connectivity index (χ1) is 10.9. The first-order valence-electron chi connectivity index (χ1n) is 8.58. The molecule has 0 saturated carbocycles. The summed E-state index contributed by atoms with van der Waals surface area (Å²) in [6.07, 6.45) is 3.80. The molecule has 23 heavy (non-hydrogen) atoms. The summed E-state index contributed by atoms with van der Waals surface area (Å²) in [7, 11) is 4.47. The van der Waals surface area contributed by atoms with Gasteiger partial charge in [0.2, 0.25) is 6.23 Å². The van der Waals surface area contributed by atoms with Crippen LogP contribution in [0.25, 0.3) is 0 Å². The lowest BCUT2D eigenvalue weighted by atomic mass is 10.1. The molecular weight excluding hydrogens is 329 g/mol. The number of rotatable bonds is 9. The fraction of sp³-hybridized carbons (Fsp3) is 0.684. The Bertz CT molecular complexity index is 382. The molecule has 0 amide bonds. The van der Waals surface area contributed by atoms with Crippen LogP contribution in [0.3, 0.4) is 0 Å². The number of nitrogens with zero attached hydrogens (tertiary/aromatic N) is 1. The zero-order chi connectivity index (χ0) is 17.7. The second-order valence-electron chi connectivity index (χ2n) is 6.37. The summed E-state index contributed by atoms with van der Waals surface area (Å²) in [6, 6.07) is 10.6. The fourth-order valence-electron chi connectivity index (χ4n) is 2.03. The Balaban J connectivity index is 0.000000841. The van der Waals surface area contributed by atoms with Crippen LogP contribution in [0.5, 0.6) is 0 Å². The van der Waals surface area contributed by atoms with Gasteiger partial charge in [0.1, 0.15) is 0 Å². The lowest BCUT2D eigenvalue weighted by molar-refractivity contribution is -0.943. The van der Waals surface area contributed by atoms with Crippen LogP contribution < -0.4 is 0 Å². The lowest BCUT2D eigenvalue weighted by Crippen LogP contribution is -2.44. The molecule has 0 aromatic heterocycles. The van der Waals surface area contributed by atoms with E-state index in [0.29, 0.717) is 5.88 Å². The number of hydrogen-bond donors (Lipinski definition) is 0. The van der Waals surface area contributed by atoms with Crippen LogP contribution in [0.2, 0.25) is 0 Å². The van der Waals surface area contributed by atoms with E-state index < -0.39 is 0 Å². The standard InChI is InChI=1S/C16H28NO.C3H6Cl2/c1-5-7-11-14-18-16(17(3,4)6-2)15-12-9-8-10-13-15;1-3(5)2-4/h8-10,12-13,16H,5-7,11,14H2,1-4H3;3H,2H2,1H3/q+1;. The minimum Gasteiger partial charge on any atom is -0.325 e. The first-order valence-corrected chi connectivity index (χ1v) is 9.55. The monoisotopic (exact) mass is 362 g/mol. The van der Waals surface area contributed by atoms with E-state index in [1.807, 2.05) is 6.92 Å². The first kappa shape index (κ1) is 22.7. The number of benzene rings is 1. The topological polar surface area (TPSA) is 9.23 Å². The summed E-state index contributed by atoms with van der Waals surface area (Å²) in [4.78, 5) is 0. The van der Waals surface area contributed by atoms with Crippen LogP contribution >= 0.6 is 23.2 Å². The van der Waals surface area contributed by atoms with Gasteiger partial charge in [0.05, 0.1) is 27.2 Å².